The second-order valence-corrected chi connectivity index (χ2v) is 5.37. The highest BCUT2D eigenvalue weighted by atomic mass is 16.7. The summed E-state index contributed by atoms with van der Waals surface area (Å²) in [5.41, 5.74) is 2.15. The van der Waals surface area contributed by atoms with E-state index in [4.69, 9.17) is 9.47 Å². The summed E-state index contributed by atoms with van der Waals surface area (Å²) in [6.45, 7) is 7.86. The lowest BCUT2D eigenvalue weighted by molar-refractivity contribution is -0.139. The molecule has 0 unspecified atom stereocenters. The normalized spacial score (nSPS) is 23.1. The van der Waals surface area contributed by atoms with E-state index in [1.807, 2.05) is 45.0 Å². The molecule has 1 fully saturated rings. The molecule has 4 nitrogen and oxygen atoms in total. The van der Waals surface area contributed by atoms with E-state index in [2.05, 4.69) is 5.32 Å². The highest BCUT2D eigenvalue weighted by Crippen LogP contribution is 2.35. The van der Waals surface area contributed by atoms with Crippen LogP contribution in [0, 0.1) is 0 Å². The van der Waals surface area contributed by atoms with Crippen LogP contribution in [0.2, 0.25) is 0 Å². The van der Waals surface area contributed by atoms with E-state index in [0.29, 0.717) is 6.61 Å². The standard InChI is InChI=1S/C15H21NO3/c1-10(16-11(2)17)12-7-5-6-8-13(12)14-9-18-15(3,4)19-14/h5-8,10,14H,9H2,1-4H3,(H,16,17)/t10-,14+/m0/s1. The van der Waals surface area contributed by atoms with Crippen LogP contribution in [0.25, 0.3) is 0 Å². The van der Waals surface area contributed by atoms with Gasteiger partial charge in [-0.05, 0) is 31.9 Å². The Morgan fingerprint density at radius 1 is 1.42 bits per heavy atom. The molecular weight excluding hydrogens is 242 g/mol. The largest absolute Gasteiger partial charge is 0.350 e. The van der Waals surface area contributed by atoms with Crippen LogP contribution in [-0.4, -0.2) is 18.3 Å². The molecule has 2 atom stereocenters. The molecule has 1 aromatic rings. The Bertz CT molecular complexity index is 470. The predicted molar refractivity (Wildman–Crippen MR) is 72.5 cm³/mol. The molecule has 1 aliphatic rings. The summed E-state index contributed by atoms with van der Waals surface area (Å²) in [4.78, 5) is 11.2. The number of amides is 1. The van der Waals surface area contributed by atoms with Crippen LogP contribution in [0.3, 0.4) is 0 Å². The lowest BCUT2D eigenvalue weighted by atomic mass is 9.97. The lowest BCUT2D eigenvalue weighted by Crippen LogP contribution is -2.25. The van der Waals surface area contributed by atoms with Crippen molar-refractivity contribution in [2.45, 2.75) is 45.6 Å². The quantitative estimate of drug-likeness (QED) is 0.912. The van der Waals surface area contributed by atoms with Gasteiger partial charge in [0.1, 0.15) is 6.10 Å². The molecule has 1 aliphatic heterocycles. The second-order valence-electron chi connectivity index (χ2n) is 5.37. The van der Waals surface area contributed by atoms with Crippen LogP contribution in [0.1, 0.15) is 51.0 Å². The van der Waals surface area contributed by atoms with E-state index >= 15 is 0 Å². The van der Waals surface area contributed by atoms with Gasteiger partial charge in [0.2, 0.25) is 5.91 Å². The summed E-state index contributed by atoms with van der Waals surface area (Å²) >= 11 is 0. The Morgan fingerprint density at radius 2 is 2.11 bits per heavy atom. The Balaban J connectivity index is 2.24. The molecule has 19 heavy (non-hydrogen) atoms. The van der Waals surface area contributed by atoms with Crippen molar-refractivity contribution in [3.63, 3.8) is 0 Å². The summed E-state index contributed by atoms with van der Waals surface area (Å²) in [5.74, 6) is -0.583. The maximum absolute atomic E-state index is 11.2. The van der Waals surface area contributed by atoms with E-state index in [1.165, 1.54) is 6.92 Å². The fraction of sp³-hybridized carbons (Fsp3) is 0.533. The topological polar surface area (TPSA) is 47.6 Å². The molecule has 0 bridgehead atoms. The number of carbonyl (C=O) groups excluding carboxylic acids is 1. The molecule has 0 aliphatic carbocycles. The molecule has 2 rings (SSSR count). The van der Waals surface area contributed by atoms with E-state index in [9.17, 15) is 4.79 Å². The van der Waals surface area contributed by atoms with Crippen molar-refractivity contribution in [3.05, 3.63) is 35.4 Å². The van der Waals surface area contributed by atoms with Gasteiger partial charge in [-0.25, -0.2) is 0 Å². The van der Waals surface area contributed by atoms with Gasteiger partial charge in [0.05, 0.1) is 12.6 Å². The molecule has 4 heteroatoms. The van der Waals surface area contributed by atoms with Crippen molar-refractivity contribution in [3.8, 4) is 0 Å². The van der Waals surface area contributed by atoms with Gasteiger partial charge in [0.25, 0.3) is 0 Å². The average molecular weight is 263 g/mol. The molecule has 1 saturated heterocycles. The van der Waals surface area contributed by atoms with Gasteiger partial charge in [-0.1, -0.05) is 24.3 Å². The van der Waals surface area contributed by atoms with Gasteiger partial charge >= 0.3 is 0 Å². The number of rotatable bonds is 3. The first-order valence-electron chi connectivity index (χ1n) is 6.57. The molecule has 0 radical (unpaired) electrons. The SMILES string of the molecule is CC(=O)N[C@@H](C)c1ccccc1[C@H]1COC(C)(C)O1. The van der Waals surface area contributed by atoms with Crippen molar-refractivity contribution in [1.29, 1.82) is 0 Å². The van der Waals surface area contributed by atoms with Gasteiger partial charge in [-0.3, -0.25) is 4.79 Å². The van der Waals surface area contributed by atoms with Crippen molar-refractivity contribution in [1.82, 2.24) is 5.32 Å². The van der Waals surface area contributed by atoms with Crippen LogP contribution in [0.5, 0.6) is 0 Å². The number of nitrogens with one attached hydrogen (secondary N) is 1. The van der Waals surface area contributed by atoms with E-state index in [1.54, 1.807) is 0 Å². The van der Waals surface area contributed by atoms with Crippen LogP contribution in [0.15, 0.2) is 24.3 Å². The first-order valence-corrected chi connectivity index (χ1v) is 6.57. The van der Waals surface area contributed by atoms with Gasteiger partial charge < -0.3 is 14.8 Å². The molecule has 1 N–H and O–H groups in total. The minimum Gasteiger partial charge on any atom is -0.350 e. The minimum atomic E-state index is -0.547. The zero-order valence-electron chi connectivity index (χ0n) is 11.9. The summed E-state index contributed by atoms with van der Waals surface area (Å²) in [7, 11) is 0. The minimum absolute atomic E-state index is 0.0359. The smallest absolute Gasteiger partial charge is 0.217 e. The number of ether oxygens (including phenoxy) is 2. The molecule has 0 aromatic heterocycles. The third kappa shape index (κ3) is 3.33. The molecule has 1 heterocycles. The van der Waals surface area contributed by atoms with Crippen LogP contribution < -0.4 is 5.32 Å². The summed E-state index contributed by atoms with van der Waals surface area (Å²) in [6.07, 6.45) is -0.0811. The van der Waals surface area contributed by atoms with Gasteiger partial charge in [0, 0.05) is 6.92 Å². The predicted octanol–water partition coefficient (Wildman–Crippen LogP) is 2.71. The van der Waals surface area contributed by atoms with Crippen molar-refractivity contribution in [2.24, 2.45) is 0 Å². The van der Waals surface area contributed by atoms with E-state index < -0.39 is 5.79 Å². The Labute approximate surface area is 114 Å². The third-order valence-electron chi connectivity index (χ3n) is 3.24. The lowest BCUT2D eigenvalue weighted by Gasteiger charge is -2.21. The maximum atomic E-state index is 11.2. The monoisotopic (exact) mass is 263 g/mol. The highest BCUT2D eigenvalue weighted by Gasteiger charge is 2.34. The molecule has 0 spiro atoms. The van der Waals surface area contributed by atoms with Gasteiger partial charge in [-0.15, -0.1) is 0 Å². The first kappa shape index (κ1) is 14.0. The van der Waals surface area contributed by atoms with Crippen molar-refractivity contribution in [2.75, 3.05) is 6.61 Å². The second kappa shape index (κ2) is 5.31. The van der Waals surface area contributed by atoms with E-state index in [-0.39, 0.29) is 18.1 Å². The van der Waals surface area contributed by atoms with Gasteiger partial charge in [0.15, 0.2) is 5.79 Å². The molecule has 1 amide bonds. The Hall–Kier alpha value is -1.39. The molecule has 104 valence electrons. The number of benzene rings is 1. The summed E-state index contributed by atoms with van der Waals surface area (Å²) in [5, 5.41) is 2.91. The molecule has 0 saturated carbocycles. The third-order valence-corrected chi connectivity index (χ3v) is 3.24. The average Bonchev–Trinajstić information content (AvgIpc) is 2.69. The van der Waals surface area contributed by atoms with Crippen LogP contribution in [-0.2, 0) is 14.3 Å². The van der Waals surface area contributed by atoms with Gasteiger partial charge in [-0.2, -0.15) is 0 Å². The van der Waals surface area contributed by atoms with Crippen LogP contribution in [0.4, 0.5) is 0 Å². The summed E-state index contributed by atoms with van der Waals surface area (Å²) in [6, 6.07) is 7.96. The zero-order chi connectivity index (χ0) is 14.0. The van der Waals surface area contributed by atoms with Crippen molar-refractivity contribution >= 4 is 5.91 Å². The number of hydrogen-bond acceptors (Lipinski definition) is 3. The molecular formula is C15H21NO3. The fourth-order valence-electron chi connectivity index (χ4n) is 2.42. The zero-order valence-corrected chi connectivity index (χ0v) is 11.9. The molecule has 1 aromatic carbocycles. The van der Waals surface area contributed by atoms with Crippen molar-refractivity contribution < 1.29 is 14.3 Å². The van der Waals surface area contributed by atoms with E-state index in [0.717, 1.165) is 11.1 Å². The first-order chi connectivity index (χ1) is 8.89. The number of hydrogen-bond donors (Lipinski definition) is 1. The Kier molecular flexibility index (Phi) is 3.92. The summed E-state index contributed by atoms with van der Waals surface area (Å²) < 4.78 is 11.5. The fourth-order valence-corrected chi connectivity index (χ4v) is 2.42. The Morgan fingerprint density at radius 3 is 2.68 bits per heavy atom. The highest BCUT2D eigenvalue weighted by molar-refractivity contribution is 5.73. The van der Waals surface area contributed by atoms with Crippen LogP contribution >= 0.6 is 0 Å². The number of carbonyl (C=O) groups is 1. The maximum Gasteiger partial charge on any atom is 0.217 e.